The summed E-state index contributed by atoms with van der Waals surface area (Å²) in [4.78, 5) is 33.7. The van der Waals surface area contributed by atoms with Gasteiger partial charge in [0.05, 0.1) is 23.6 Å². The van der Waals surface area contributed by atoms with Crippen molar-refractivity contribution >= 4 is 17.8 Å². The number of carbonyl (C=O) groups excluding carboxylic acids is 2. The van der Waals surface area contributed by atoms with Crippen molar-refractivity contribution in [3.8, 4) is 0 Å². The normalized spacial score (nSPS) is 15.8. The summed E-state index contributed by atoms with van der Waals surface area (Å²) < 4.78 is 43.0. The smallest absolute Gasteiger partial charge is 0.370 e. The Morgan fingerprint density at radius 2 is 1.91 bits per heavy atom. The number of hydrogen-bond acceptors (Lipinski definition) is 4. The van der Waals surface area contributed by atoms with Crippen molar-refractivity contribution in [3.63, 3.8) is 0 Å². The lowest BCUT2D eigenvalue weighted by Gasteiger charge is -2.34. The highest BCUT2D eigenvalue weighted by atomic mass is 19.4. The van der Waals surface area contributed by atoms with Crippen molar-refractivity contribution < 1.29 is 22.8 Å². The number of aromatic nitrogens is 2. The number of rotatable bonds is 5. The molecule has 0 radical (unpaired) electrons. The first-order chi connectivity index (χ1) is 15.5. The number of hydrogen-bond donors (Lipinski definition) is 3. The summed E-state index contributed by atoms with van der Waals surface area (Å²) in [6.45, 7) is 0.566. The SMILES string of the molecule is Cn1cnc(C[C@H](N)C(=O)N2CCC(c3ccc(C(=O)N=C(N)N)cc3C(F)(F)F)CC2)c1. The second-order valence-corrected chi connectivity index (χ2v) is 8.08. The molecule has 1 aromatic carbocycles. The number of piperidine rings is 1. The second kappa shape index (κ2) is 9.61. The zero-order chi connectivity index (χ0) is 24.3. The van der Waals surface area contributed by atoms with Crippen LogP contribution in [0.1, 0.15) is 45.9 Å². The maximum Gasteiger partial charge on any atom is 0.416 e. The number of nitrogens with two attached hydrogens (primary N) is 3. The average Bonchev–Trinajstić information content (AvgIpc) is 3.16. The van der Waals surface area contributed by atoms with Gasteiger partial charge < -0.3 is 26.7 Å². The lowest BCUT2D eigenvalue weighted by molar-refractivity contribution is -0.139. The quantitative estimate of drug-likeness (QED) is 0.446. The number of halogens is 3. The zero-order valence-electron chi connectivity index (χ0n) is 18.0. The monoisotopic (exact) mass is 465 g/mol. The standard InChI is InChI=1S/C21H26F3N7O2/c1-30-10-14(28-11-30)9-17(25)19(33)31-6-4-12(5-7-31)15-3-2-13(18(32)29-20(26)27)8-16(15)21(22,23)24/h2-3,8,10-12,17H,4-7,9,25H2,1H3,(H4,26,27,29,32)/t17-/m0/s1. The van der Waals surface area contributed by atoms with Crippen molar-refractivity contribution in [3.05, 3.63) is 53.1 Å². The fourth-order valence-electron chi connectivity index (χ4n) is 4.00. The predicted molar refractivity (Wildman–Crippen MR) is 115 cm³/mol. The van der Waals surface area contributed by atoms with E-state index in [0.717, 1.165) is 6.07 Å². The van der Waals surface area contributed by atoms with Crippen LogP contribution in [0.3, 0.4) is 0 Å². The average molecular weight is 465 g/mol. The molecule has 0 bridgehead atoms. The fraction of sp³-hybridized carbons (Fsp3) is 0.429. The second-order valence-electron chi connectivity index (χ2n) is 8.08. The van der Waals surface area contributed by atoms with Crippen molar-refractivity contribution in [1.82, 2.24) is 14.5 Å². The molecule has 1 atom stereocenters. The van der Waals surface area contributed by atoms with E-state index in [0.29, 0.717) is 18.5 Å². The Labute approximate surface area is 188 Å². The van der Waals surface area contributed by atoms with Gasteiger partial charge in [0.25, 0.3) is 5.91 Å². The molecule has 2 aromatic rings. The molecule has 2 heterocycles. The molecule has 9 nitrogen and oxygen atoms in total. The molecule has 12 heteroatoms. The third-order valence-electron chi connectivity index (χ3n) is 5.59. The Balaban J connectivity index is 1.71. The van der Waals surface area contributed by atoms with E-state index in [-0.39, 0.29) is 36.5 Å². The summed E-state index contributed by atoms with van der Waals surface area (Å²) in [6.07, 6.45) is -0.310. The van der Waals surface area contributed by atoms with Crippen LogP contribution < -0.4 is 17.2 Å². The summed E-state index contributed by atoms with van der Waals surface area (Å²) in [5.74, 6) is -2.16. The third kappa shape index (κ3) is 5.89. The molecule has 0 aliphatic carbocycles. The predicted octanol–water partition coefficient (Wildman–Crippen LogP) is 1.13. The highest BCUT2D eigenvalue weighted by molar-refractivity contribution is 6.02. The van der Waals surface area contributed by atoms with Crippen LogP contribution in [0.25, 0.3) is 0 Å². The Morgan fingerprint density at radius 1 is 1.24 bits per heavy atom. The van der Waals surface area contributed by atoms with Crippen LogP contribution in [0.5, 0.6) is 0 Å². The van der Waals surface area contributed by atoms with Gasteiger partial charge >= 0.3 is 6.18 Å². The minimum atomic E-state index is -4.67. The van der Waals surface area contributed by atoms with Crippen LogP contribution >= 0.6 is 0 Å². The Bertz CT molecular complexity index is 1050. The highest BCUT2D eigenvalue weighted by Crippen LogP contribution is 2.39. The maximum absolute atomic E-state index is 13.7. The number of alkyl halides is 3. The summed E-state index contributed by atoms with van der Waals surface area (Å²) in [5.41, 5.74) is 15.9. The maximum atomic E-state index is 13.7. The van der Waals surface area contributed by atoms with Crippen LogP contribution in [-0.4, -0.2) is 51.4 Å². The Hall–Kier alpha value is -3.41. The molecule has 2 amide bonds. The van der Waals surface area contributed by atoms with Crippen molar-refractivity contribution in [1.29, 1.82) is 0 Å². The van der Waals surface area contributed by atoms with E-state index < -0.39 is 35.6 Å². The van der Waals surface area contributed by atoms with E-state index in [4.69, 9.17) is 17.2 Å². The first-order valence-corrected chi connectivity index (χ1v) is 10.3. The van der Waals surface area contributed by atoms with Gasteiger partial charge in [-0.15, -0.1) is 0 Å². The van der Waals surface area contributed by atoms with Gasteiger partial charge in [0.15, 0.2) is 5.96 Å². The van der Waals surface area contributed by atoms with Crippen LogP contribution in [0, 0.1) is 0 Å². The molecular formula is C21H26F3N7O2. The van der Waals surface area contributed by atoms with Crippen molar-refractivity contribution in [2.24, 2.45) is 29.2 Å². The number of aliphatic imine (C=N–C) groups is 1. The molecule has 1 saturated heterocycles. The van der Waals surface area contributed by atoms with Gasteiger partial charge in [0.1, 0.15) is 0 Å². The van der Waals surface area contributed by atoms with Gasteiger partial charge in [-0.25, -0.2) is 4.98 Å². The van der Waals surface area contributed by atoms with E-state index in [1.54, 1.807) is 22.0 Å². The van der Waals surface area contributed by atoms with E-state index in [9.17, 15) is 22.8 Å². The first-order valence-electron chi connectivity index (χ1n) is 10.3. The molecule has 33 heavy (non-hydrogen) atoms. The molecular weight excluding hydrogens is 439 g/mol. The van der Waals surface area contributed by atoms with Gasteiger partial charge in [0.2, 0.25) is 5.91 Å². The molecule has 0 spiro atoms. The first kappa shape index (κ1) is 24.2. The summed E-state index contributed by atoms with van der Waals surface area (Å²) >= 11 is 0. The van der Waals surface area contributed by atoms with Gasteiger partial charge in [-0.3, -0.25) is 9.59 Å². The van der Waals surface area contributed by atoms with Crippen molar-refractivity contribution in [2.75, 3.05) is 13.1 Å². The number of imidazole rings is 1. The largest absolute Gasteiger partial charge is 0.416 e. The van der Waals surface area contributed by atoms with Gasteiger partial charge in [-0.2, -0.15) is 18.2 Å². The minimum absolute atomic E-state index is 0.0774. The molecule has 1 fully saturated rings. The molecule has 6 N–H and O–H groups in total. The summed E-state index contributed by atoms with van der Waals surface area (Å²) in [5, 5.41) is 0. The van der Waals surface area contributed by atoms with Gasteiger partial charge in [0, 0.05) is 38.3 Å². The Morgan fingerprint density at radius 3 is 2.45 bits per heavy atom. The zero-order valence-corrected chi connectivity index (χ0v) is 18.0. The molecule has 1 aliphatic heterocycles. The highest BCUT2D eigenvalue weighted by Gasteiger charge is 2.37. The van der Waals surface area contributed by atoms with Crippen molar-refractivity contribution in [2.45, 2.75) is 37.4 Å². The molecule has 1 aromatic heterocycles. The Kier molecular flexibility index (Phi) is 7.06. The van der Waals surface area contributed by atoms with Crippen LogP contribution in [0.2, 0.25) is 0 Å². The van der Waals surface area contributed by atoms with Crippen LogP contribution in [0.4, 0.5) is 13.2 Å². The van der Waals surface area contributed by atoms with E-state index in [1.807, 2.05) is 7.05 Å². The fourth-order valence-corrected chi connectivity index (χ4v) is 4.00. The number of aryl methyl sites for hydroxylation is 1. The molecule has 1 aliphatic rings. The summed E-state index contributed by atoms with van der Waals surface area (Å²) in [7, 11) is 1.81. The number of nitrogens with zero attached hydrogens (tertiary/aromatic N) is 4. The van der Waals surface area contributed by atoms with Gasteiger partial charge in [-0.05, 0) is 36.5 Å². The molecule has 0 unspecified atom stereocenters. The van der Waals surface area contributed by atoms with E-state index in [1.165, 1.54) is 12.1 Å². The minimum Gasteiger partial charge on any atom is -0.370 e. The van der Waals surface area contributed by atoms with E-state index >= 15 is 0 Å². The van der Waals surface area contributed by atoms with Gasteiger partial charge in [-0.1, -0.05) is 6.07 Å². The number of guanidine groups is 1. The molecule has 178 valence electrons. The van der Waals surface area contributed by atoms with Crippen LogP contribution in [-0.2, 0) is 24.4 Å². The third-order valence-corrected chi connectivity index (χ3v) is 5.59. The number of benzene rings is 1. The lowest BCUT2D eigenvalue weighted by Crippen LogP contribution is -2.47. The number of amides is 2. The lowest BCUT2D eigenvalue weighted by atomic mass is 9.85. The number of likely N-dealkylation sites (tertiary alicyclic amines) is 1. The number of carbonyl (C=O) groups is 2. The molecule has 3 rings (SSSR count). The molecule has 0 saturated carbocycles. The topological polar surface area (TPSA) is 146 Å². The van der Waals surface area contributed by atoms with E-state index in [2.05, 4.69) is 9.98 Å². The van der Waals surface area contributed by atoms with Crippen LogP contribution in [0.15, 0.2) is 35.7 Å². The summed E-state index contributed by atoms with van der Waals surface area (Å²) in [6, 6.07) is 2.56.